The molecule has 19 heavy (non-hydrogen) atoms. The van der Waals surface area contributed by atoms with Crippen LogP contribution in [0.4, 0.5) is 4.39 Å². The molecular weight excluding hydrogens is 263 g/mol. The average molecular weight is 275 g/mol. The van der Waals surface area contributed by atoms with E-state index in [-0.39, 0.29) is 22.6 Å². The Morgan fingerprint density at radius 3 is 2.58 bits per heavy atom. The number of rotatable bonds is 3. The molecule has 1 saturated carbocycles. The van der Waals surface area contributed by atoms with Gasteiger partial charge in [0.25, 0.3) is 0 Å². The minimum absolute atomic E-state index is 0.00256. The summed E-state index contributed by atoms with van der Waals surface area (Å²) < 4.78 is 13.1. The monoisotopic (exact) mass is 274 g/mol. The minimum Gasteiger partial charge on any atom is -0.294 e. The van der Waals surface area contributed by atoms with Crippen molar-refractivity contribution >= 4 is 17.4 Å². The van der Waals surface area contributed by atoms with Crippen LogP contribution < -0.4 is 0 Å². The summed E-state index contributed by atoms with van der Waals surface area (Å²) in [5.41, 5.74) is 1.68. The van der Waals surface area contributed by atoms with E-state index >= 15 is 0 Å². The van der Waals surface area contributed by atoms with Crippen LogP contribution in [0.1, 0.15) is 28.3 Å². The zero-order chi connectivity index (χ0) is 13.4. The van der Waals surface area contributed by atoms with Gasteiger partial charge in [0.1, 0.15) is 5.82 Å². The molecule has 0 saturated heterocycles. The first kappa shape index (κ1) is 12.4. The molecule has 0 amide bonds. The Kier molecular flexibility index (Phi) is 3.11. The fourth-order valence-electron chi connectivity index (χ4n) is 2.42. The third-order valence-corrected chi connectivity index (χ3v) is 3.85. The topological polar surface area (TPSA) is 17.1 Å². The molecular formula is C16H12ClFO. The summed E-state index contributed by atoms with van der Waals surface area (Å²) in [5, 5.41) is 0.00256. The molecule has 1 aliphatic rings. The number of ketones is 1. The molecule has 0 radical (unpaired) electrons. The average Bonchev–Trinajstić information content (AvgIpc) is 3.22. The van der Waals surface area contributed by atoms with Crippen LogP contribution in [0.25, 0.3) is 0 Å². The molecule has 0 spiro atoms. The second-order valence-electron chi connectivity index (χ2n) is 4.85. The fraction of sp³-hybridized carbons (Fsp3) is 0.188. The van der Waals surface area contributed by atoms with Gasteiger partial charge in [-0.3, -0.25) is 4.79 Å². The van der Waals surface area contributed by atoms with Gasteiger partial charge in [-0.25, -0.2) is 4.39 Å². The maximum Gasteiger partial charge on any atom is 0.166 e. The van der Waals surface area contributed by atoms with E-state index in [1.165, 1.54) is 23.8 Å². The zero-order valence-corrected chi connectivity index (χ0v) is 10.9. The second-order valence-corrected chi connectivity index (χ2v) is 5.26. The predicted octanol–water partition coefficient (Wildman–Crippen LogP) is 4.47. The number of carbonyl (C=O) groups is 1. The Labute approximate surface area is 116 Å². The van der Waals surface area contributed by atoms with E-state index in [0.29, 0.717) is 5.56 Å². The van der Waals surface area contributed by atoms with Gasteiger partial charge < -0.3 is 0 Å². The van der Waals surface area contributed by atoms with Gasteiger partial charge in [0.2, 0.25) is 0 Å². The zero-order valence-electron chi connectivity index (χ0n) is 10.1. The number of carbonyl (C=O) groups excluding carboxylic acids is 1. The first-order chi connectivity index (χ1) is 9.16. The quantitative estimate of drug-likeness (QED) is 0.755. The number of hydrogen-bond donors (Lipinski definition) is 0. The summed E-state index contributed by atoms with van der Waals surface area (Å²) in [6.45, 7) is 0. The molecule has 96 valence electrons. The van der Waals surface area contributed by atoms with E-state index in [1.807, 2.05) is 30.3 Å². The molecule has 1 nitrogen and oxygen atoms in total. The Morgan fingerprint density at radius 2 is 1.89 bits per heavy atom. The predicted molar refractivity (Wildman–Crippen MR) is 73.0 cm³/mol. The van der Waals surface area contributed by atoms with Crippen LogP contribution in [-0.4, -0.2) is 5.78 Å². The summed E-state index contributed by atoms with van der Waals surface area (Å²) in [4.78, 5) is 12.3. The summed E-state index contributed by atoms with van der Waals surface area (Å²) in [7, 11) is 0. The van der Waals surface area contributed by atoms with Gasteiger partial charge in [-0.15, -0.1) is 0 Å². The molecule has 2 aromatic carbocycles. The van der Waals surface area contributed by atoms with Gasteiger partial charge in [0.05, 0.1) is 5.02 Å². The van der Waals surface area contributed by atoms with Crippen molar-refractivity contribution in [3.8, 4) is 0 Å². The van der Waals surface area contributed by atoms with Gasteiger partial charge in [-0.1, -0.05) is 41.9 Å². The van der Waals surface area contributed by atoms with Gasteiger partial charge >= 0.3 is 0 Å². The van der Waals surface area contributed by atoms with Crippen LogP contribution >= 0.6 is 11.6 Å². The lowest BCUT2D eigenvalue weighted by Gasteiger charge is -2.02. The Bertz CT molecular complexity index is 624. The van der Waals surface area contributed by atoms with E-state index in [2.05, 4.69) is 0 Å². The highest BCUT2D eigenvalue weighted by Gasteiger charge is 2.43. The van der Waals surface area contributed by atoms with Crippen molar-refractivity contribution in [2.45, 2.75) is 12.3 Å². The van der Waals surface area contributed by atoms with Gasteiger partial charge in [0, 0.05) is 11.5 Å². The van der Waals surface area contributed by atoms with Crippen LogP contribution in [-0.2, 0) is 0 Å². The first-order valence-electron chi connectivity index (χ1n) is 6.21. The maximum atomic E-state index is 13.1. The molecule has 0 aliphatic heterocycles. The van der Waals surface area contributed by atoms with E-state index in [0.717, 1.165) is 6.42 Å². The molecule has 2 atom stereocenters. The fourth-order valence-corrected chi connectivity index (χ4v) is 2.60. The van der Waals surface area contributed by atoms with Crippen molar-refractivity contribution in [3.05, 3.63) is 70.5 Å². The molecule has 0 aromatic heterocycles. The van der Waals surface area contributed by atoms with Crippen molar-refractivity contribution in [3.63, 3.8) is 0 Å². The third kappa shape index (κ3) is 2.41. The number of halogens is 2. The molecule has 3 heteroatoms. The smallest absolute Gasteiger partial charge is 0.166 e. The third-order valence-electron chi connectivity index (χ3n) is 3.56. The molecule has 3 rings (SSSR count). The van der Waals surface area contributed by atoms with Crippen LogP contribution in [0.2, 0.25) is 5.02 Å². The highest BCUT2D eigenvalue weighted by Crippen LogP contribution is 2.49. The number of hydrogen-bond acceptors (Lipinski definition) is 1. The lowest BCUT2D eigenvalue weighted by molar-refractivity contribution is 0.0965. The Hall–Kier alpha value is -1.67. The molecule has 0 bridgehead atoms. The van der Waals surface area contributed by atoms with Crippen molar-refractivity contribution in [1.29, 1.82) is 0 Å². The minimum atomic E-state index is -0.492. The normalized spacial score (nSPS) is 21.2. The molecule has 2 aromatic rings. The van der Waals surface area contributed by atoms with Crippen molar-refractivity contribution in [2.75, 3.05) is 0 Å². The standard InChI is InChI=1S/C16H12ClFO/c17-14-8-11(6-7-15(14)18)16(19)13-9-12(13)10-4-2-1-3-5-10/h1-8,12-13H,9H2. The Balaban J connectivity index is 1.78. The van der Waals surface area contributed by atoms with Gasteiger partial charge in [-0.05, 0) is 36.1 Å². The highest BCUT2D eigenvalue weighted by atomic mass is 35.5. The lowest BCUT2D eigenvalue weighted by atomic mass is 10.0. The van der Waals surface area contributed by atoms with Gasteiger partial charge in [-0.2, -0.15) is 0 Å². The maximum absolute atomic E-state index is 13.1. The van der Waals surface area contributed by atoms with Crippen LogP contribution in [0.3, 0.4) is 0 Å². The summed E-state index contributed by atoms with van der Waals surface area (Å²) in [6, 6.07) is 14.2. The number of benzene rings is 2. The molecule has 1 aliphatic carbocycles. The Morgan fingerprint density at radius 1 is 1.16 bits per heavy atom. The lowest BCUT2D eigenvalue weighted by Crippen LogP contribution is -2.03. The van der Waals surface area contributed by atoms with E-state index in [1.54, 1.807) is 0 Å². The van der Waals surface area contributed by atoms with E-state index in [4.69, 9.17) is 11.6 Å². The van der Waals surface area contributed by atoms with E-state index in [9.17, 15) is 9.18 Å². The first-order valence-corrected chi connectivity index (χ1v) is 6.59. The summed E-state index contributed by atoms with van der Waals surface area (Å²) in [6.07, 6.45) is 0.859. The SMILES string of the molecule is O=C(c1ccc(F)c(Cl)c1)C1CC1c1ccccc1. The second kappa shape index (κ2) is 4.78. The van der Waals surface area contributed by atoms with Crippen LogP contribution in [0.15, 0.2) is 48.5 Å². The summed E-state index contributed by atoms with van der Waals surface area (Å²) in [5.74, 6) is -0.147. The largest absolute Gasteiger partial charge is 0.294 e. The van der Waals surface area contributed by atoms with E-state index < -0.39 is 5.82 Å². The summed E-state index contributed by atoms with van der Waals surface area (Å²) >= 11 is 5.71. The van der Waals surface area contributed by atoms with Crippen molar-refractivity contribution in [2.24, 2.45) is 5.92 Å². The number of Topliss-reactive ketones (excluding diaryl/α,β-unsaturated/α-hetero) is 1. The molecule has 0 N–H and O–H groups in total. The molecule has 0 heterocycles. The van der Waals surface area contributed by atoms with Crippen LogP contribution in [0, 0.1) is 11.7 Å². The van der Waals surface area contributed by atoms with Crippen molar-refractivity contribution < 1.29 is 9.18 Å². The molecule has 2 unspecified atom stereocenters. The van der Waals surface area contributed by atoms with Crippen LogP contribution in [0.5, 0.6) is 0 Å². The van der Waals surface area contributed by atoms with Gasteiger partial charge in [0.15, 0.2) is 5.78 Å². The molecule has 1 fully saturated rings. The highest BCUT2D eigenvalue weighted by molar-refractivity contribution is 6.31. The van der Waals surface area contributed by atoms with Crippen molar-refractivity contribution in [1.82, 2.24) is 0 Å².